The van der Waals surface area contributed by atoms with E-state index in [1.807, 2.05) is 38.1 Å². The summed E-state index contributed by atoms with van der Waals surface area (Å²) < 4.78 is 1.67. The van der Waals surface area contributed by atoms with Crippen molar-refractivity contribution in [3.8, 4) is 0 Å². The summed E-state index contributed by atoms with van der Waals surface area (Å²) in [6, 6.07) is 7.17. The van der Waals surface area contributed by atoms with E-state index in [1.54, 1.807) is 0 Å². The number of hydrogen-bond donors (Lipinski definition) is 2. The van der Waals surface area contributed by atoms with Crippen molar-refractivity contribution < 1.29 is 9.59 Å². The smallest absolute Gasteiger partial charge is 0.257 e. The molecule has 0 aliphatic carbocycles. The van der Waals surface area contributed by atoms with Crippen molar-refractivity contribution >= 4 is 40.8 Å². The molecule has 2 heterocycles. The van der Waals surface area contributed by atoms with Crippen molar-refractivity contribution in [2.24, 2.45) is 0 Å². The van der Waals surface area contributed by atoms with Gasteiger partial charge in [0.15, 0.2) is 0 Å². The molecule has 120 valence electrons. The van der Waals surface area contributed by atoms with Gasteiger partial charge in [0.25, 0.3) is 5.91 Å². The molecule has 1 aliphatic rings. The first kappa shape index (κ1) is 15.6. The van der Waals surface area contributed by atoms with Gasteiger partial charge >= 0.3 is 0 Å². The fraction of sp³-hybridized carbons (Fsp3) is 0.375. The number of anilines is 1. The van der Waals surface area contributed by atoms with Gasteiger partial charge < -0.3 is 10.6 Å². The van der Waals surface area contributed by atoms with Crippen LogP contribution < -0.4 is 10.6 Å². The Labute approximate surface area is 138 Å². The molecule has 0 radical (unpaired) electrons. The van der Waals surface area contributed by atoms with Gasteiger partial charge in [-0.05, 0) is 44.6 Å². The Hall–Kier alpha value is -2.28. The minimum absolute atomic E-state index is 0.0582. The standard InChI is InChI=1S/C16H18N4O2S/c1-9(2)17-13(21)8-7-12-15(22)20-14(18-12)10-5-3-4-6-11(10)19-16(20)23/h3-6,9,12,18H,7-8H2,1-2H3,(H,17,21). The maximum atomic E-state index is 12.6. The average molecular weight is 330 g/mol. The first-order chi connectivity index (χ1) is 11.0. The third-order valence-electron chi connectivity index (χ3n) is 3.73. The Morgan fingerprint density at radius 3 is 2.91 bits per heavy atom. The van der Waals surface area contributed by atoms with Crippen LogP contribution in [-0.4, -0.2) is 33.4 Å². The molecule has 1 unspecified atom stereocenters. The van der Waals surface area contributed by atoms with E-state index < -0.39 is 6.04 Å². The van der Waals surface area contributed by atoms with Gasteiger partial charge in [0.05, 0.1) is 5.52 Å². The van der Waals surface area contributed by atoms with E-state index in [9.17, 15) is 9.59 Å². The molecular weight excluding hydrogens is 312 g/mol. The lowest BCUT2D eigenvalue weighted by atomic mass is 10.1. The first-order valence-electron chi connectivity index (χ1n) is 7.59. The number of nitrogens with zero attached hydrogens (tertiary/aromatic N) is 2. The Morgan fingerprint density at radius 2 is 2.17 bits per heavy atom. The highest BCUT2D eigenvalue weighted by Gasteiger charge is 2.31. The Balaban J connectivity index is 1.85. The van der Waals surface area contributed by atoms with Crippen LogP contribution >= 0.6 is 12.2 Å². The second kappa shape index (κ2) is 6.08. The van der Waals surface area contributed by atoms with E-state index in [-0.39, 0.29) is 29.0 Å². The van der Waals surface area contributed by atoms with Gasteiger partial charge in [-0.15, -0.1) is 0 Å². The van der Waals surface area contributed by atoms with Crippen LogP contribution in [0.15, 0.2) is 24.3 Å². The molecule has 3 rings (SSSR count). The number of carbonyl (C=O) groups is 2. The fourth-order valence-corrected chi connectivity index (χ4v) is 3.01. The maximum absolute atomic E-state index is 12.6. The third kappa shape index (κ3) is 2.96. The Kier molecular flexibility index (Phi) is 4.12. The number of fused-ring (bicyclic) bond motifs is 3. The third-order valence-corrected chi connectivity index (χ3v) is 4.00. The van der Waals surface area contributed by atoms with Gasteiger partial charge in [0, 0.05) is 17.8 Å². The summed E-state index contributed by atoms with van der Waals surface area (Å²) in [5.74, 6) is 0.456. The molecule has 1 atom stereocenters. The molecule has 6 nitrogen and oxygen atoms in total. The minimum Gasteiger partial charge on any atom is -0.359 e. The maximum Gasteiger partial charge on any atom is 0.257 e. The number of aromatic nitrogens is 2. The molecule has 0 saturated carbocycles. The van der Waals surface area contributed by atoms with Crippen LogP contribution in [-0.2, 0) is 4.79 Å². The molecule has 1 aliphatic heterocycles. The zero-order chi connectivity index (χ0) is 16.6. The number of carbonyl (C=O) groups excluding carboxylic acids is 2. The van der Waals surface area contributed by atoms with Crippen LogP contribution in [0, 0.1) is 4.77 Å². The number of para-hydroxylation sites is 1. The van der Waals surface area contributed by atoms with Gasteiger partial charge in [0.2, 0.25) is 10.7 Å². The van der Waals surface area contributed by atoms with Crippen molar-refractivity contribution in [2.75, 3.05) is 5.32 Å². The lowest BCUT2D eigenvalue weighted by Gasteiger charge is -2.11. The van der Waals surface area contributed by atoms with Gasteiger partial charge in [-0.3, -0.25) is 9.59 Å². The van der Waals surface area contributed by atoms with Crippen molar-refractivity contribution in [2.45, 2.75) is 38.8 Å². The fourth-order valence-electron chi connectivity index (χ4n) is 2.74. The molecule has 0 saturated heterocycles. The number of hydrogen-bond acceptors (Lipinski definition) is 5. The quantitative estimate of drug-likeness (QED) is 0.843. The highest BCUT2D eigenvalue weighted by Crippen LogP contribution is 2.28. The van der Waals surface area contributed by atoms with Crippen LogP contribution in [0.25, 0.3) is 10.9 Å². The summed E-state index contributed by atoms with van der Waals surface area (Å²) in [5.41, 5.74) is 0.752. The molecular formula is C16H18N4O2S. The summed E-state index contributed by atoms with van der Waals surface area (Å²) in [5, 5.41) is 6.88. The van der Waals surface area contributed by atoms with Crippen molar-refractivity contribution in [3.63, 3.8) is 0 Å². The molecule has 7 heteroatoms. The van der Waals surface area contributed by atoms with Crippen molar-refractivity contribution in [1.82, 2.24) is 14.9 Å². The highest BCUT2D eigenvalue weighted by molar-refractivity contribution is 7.71. The van der Waals surface area contributed by atoms with E-state index in [2.05, 4.69) is 15.6 Å². The van der Waals surface area contributed by atoms with E-state index in [1.165, 1.54) is 4.57 Å². The largest absolute Gasteiger partial charge is 0.359 e. The van der Waals surface area contributed by atoms with Gasteiger partial charge in [-0.2, -0.15) is 0 Å². The number of nitrogens with one attached hydrogen (secondary N) is 2. The molecule has 2 N–H and O–H groups in total. The lowest BCUT2D eigenvalue weighted by molar-refractivity contribution is -0.121. The molecule has 1 aromatic carbocycles. The molecule has 0 fully saturated rings. The summed E-state index contributed by atoms with van der Waals surface area (Å²) >= 11 is 5.24. The number of rotatable bonds is 4. The minimum atomic E-state index is -0.456. The molecule has 23 heavy (non-hydrogen) atoms. The van der Waals surface area contributed by atoms with Crippen LogP contribution in [0.1, 0.15) is 31.5 Å². The summed E-state index contributed by atoms with van der Waals surface area (Å²) in [6.45, 7) is 3.81. The topological polar surface area (TPSA) is 76.0 Å². The number of amides is 1. The molecule has 0 spiro atoms. The van der Waals surface area contributed by atoms with E-state index in [4.69, 9.17) is 12.2 Å². The summed E-state index contributed by atoms with van der Waals surface area (Å²) in [4.78, 5) is 28.6. The van der Waals surface area contributed by atoms with Crippen molar-refractivity contribution in [3.05, 3.63) is 29.0 Å². The van der Waals surface area contributed by atoms with Gasteiger partial charge in [-0.25, -0.2) is 9.55 Å². The normalized spacial score (nSPS) is 16.5. The zero-order valence-electron chi connectivity index (χ0n) is 13.0. The second-order valence-corrected chi connectivity index (χ2v) is 6.26. The van der Waals surface area contributed by atoms with Crippen LogP contribution in [0.4, 0.5) is 5.82 Å². The summed E-state index contributed by atoms with van der Waals surface area (Å²) in [7, 11) is 0. The summed E-state index contributed by atoms with van der Waals surface area (Å²) in [6.07, 6.45) is 0.705. The van der Waals surface area contributed by atoms with Crippen LogP contribution in [0.2, 0.25) is 0 Å². The molecule has 0 bridgehead atoms. The molecule has 2 aromatic rings. The number of benzene rings is 1. The van der Waals surface area contributed by atoms with E-state index in [0.717, 1.165) is 10.9 Å². The Bertz CT molecular complexity index is 844. The zero-order valence-corrected chi connectivity index (χ0v) is 13.8. The molecule has 1 amide bonds. The Morgan fingerprint density at radius 1 is 1.43 bits per heavy atom. The SMILES string of the molecule is CC(C)NC(=O)CCC1Nc2c3ccccc3nc(=S)n2C1=O. The van der Waals surface area contributed by atoms with E-state index >= 15 is 0 Å². The monoisotopic (exact) mass is 330 g/mol. The highest BCUT2D eigenvalue weighted by atomic mass is 32.1. The lowest BCUT2D eigenvalue weighted by Crippen LogP contribution is -2.32. The van der Waals surface area contributed by atoms with E-state index in [0.29, 0.717) is 12.2 Å². The van der Waals surface area contributed by atoms with Gasteiger partial charge in [-0.1, -0.05) is 12.1 Å². The van der Waals surface area contributed by atoms with Crippen LogP contribution in [0.3, 0.4) is 0 Å². The molecule has 1 aromatic heterocycles. The first-order valence-corrected chi connectivity index (χ1v) is 8.00. The average Bonchev–Trinajstić information content (AvgIpc) is 2.82. The predicted octanol–water partition coefficient (Wildman–Crippen LogP) is 2.50. The second-order valence-electron chi connectivity index (χ2n) is 5.89. The van der Waals surface area contributed by atoms with Crippen LogP contribution in [0.5, 0.6) is 0 Å². The van der Waals surface area contributed by atoms with Gasteiger partial charge in [0.1, 0.15) is 11.9 Å². The predicted molar refractivity (Wildman–Crippen MR) is 91.1 cm³/mol. The van der Waals surface area contributed by atoms with Crippen molar-refractivity contribution in [1.29, 1.82) is 0 Å².